The van der Waals surface area contributed by atoms with Crippen molar-refractivity contribution in [3.63, 3.8) is 0 Å². The van der Waals surface area contributed by atoms with E-state index >= 15 is 0 Å². The van der Waals surface area contributed by atoms with Crippen molar-refractivity contribution in [2.75, 3.05) is 13.1 Å². The molecular weight excluding hydrogens is 198 g/mol. The summed E-state index contributed by atoms with van der Waals surface area (Å²) in [4.78, 5) is 14.2. The number of ketones is 1. The van der Waals surface area contributed by atoms with Crippen LogP contribution in [-0.4, -0.2) is 29.8 Å². The van der Waals surface area contributed by atoms with Crippen LogP contribution in [0.4, 0.5) is 0 Å². The predicted molar refractivity (Wildman–Crippen MR) is 66.4 cm³/mol. The molecule has 0 N–H and O–H groups in total. The second-order valence-electron chi connectivity index (χ2n) is 5.87. The van der Waals surface area contributed by atoms with E-state index in [1.165, 1.54) is 19.4 Å². The van der Waals surface area contributed by atoms with E-state index in [1.807, 2.05) is 0 Å². The number of likely N-dealkylation sites (tertiary alicyclic amines) is 1. The van der Waals surface area contributed by atoms with E-state index in [4.69, 9.17) is 0 Å². The Bertz CT molecular complexity index is 251. The van der Waals surface area contributed by atoms with Gasteiger partial charge in [-0.15, -0.1) is 0 Å². The van der Waals surface area contributed by atoms with Crippen LogP contribution >= 0.6 is 0 Å². The lowest BCUT2D eigenvalue weighted by molar-refractivity contribution is -0.121. The Labute approximate surface area is 99.4 Å². The second kappa shape index (κ2) is 5.31. The van der Waals surface area contributed by atoms with Crippen LogP contribution in [0.2, 0.25) is 0 Å². The lowest BCUT2D eigenvalue weighted by Gasteiger charge is -2.37. The van der Waals surface area contributed by atoms with E-state index in [0.717, 1.165) is 44.2 Å². The molecule has 92 valence electrons. The zero-order valence-corrected chi connectivity index (χ0v) is 10.7. The van der Waals surface area contributed by atoms with Gasteiger partial charge in [-0.3, -0.25) is 4.79 Å². The molecule has 1 heterocycles. The van der Waals surface area contributed by atoms with E-state index < -0.39 is 0 Å². The largest absolute Gasteiger partial charge is 0.300 e. The summed E-state index contributed by atoms with van der Waals surface area (Å²) in [5.74, 6) is 1.76. The fourth-order valence-corrected chi connectivity index (χ4v) is 3.21. The molecule has 3 unspecified atom stereocenters. The minimum Gasteiger partial charge on any atom is -0.300 e. The van der Waals surface area contributed by atoms with Crippen molar-refractivity contribution in [2.45, 2.75) is 58.4 Å². The van der Waals surface area contributed by atoms with E-state index in [2.05, 4.69) is 18.7 Å². The molecule has 0 aromatic heterocycles. The first-order valence-corrected chi connectivity index (χ1v) is 6.93. The molecule has 2 aliphatic rings. The summed E-state index contributed by atoms with van der Waals surface area (Å²) >= 11 is 0. The number of nitrogens with zero attached hydrogens (tertiary/aromatic N) is 1. The fourth-order valence-electron chi connectivity index (χ4n) is 3.21. The van der Waals surface area contributed by atoms with Crippen molar-refractivity contribution < 1.29 is 4.79 Å². The molecule has 1 aliphatic carbocycles. The molecule has 2 nitrogen and oxygen atoms in total. The van der Waals surface area contributed by atoms with Crippen molar-refractivity contribution in [1.82, 2.24) is 4.90 Å². The monoisotopic (exact) mass is 223 g/mol. The molecule has 16 heavy (non-hydrogen) atoms. The van der Waals surface area contributed by atoms with Crippen LogP contribution in [0.5, 0.6) is 0 Å². The van der Waals surface area contributed by atoms with Crippen LogP contribution in [0.3, 0.4) is 0 Å². The Morgan fingerprint density at radius 1 is 1.25 bits per heavy atom. The maximum absolute atomic E-state index is 11.6. The second-order valence-corrected chi connectivity index (χ2v) is 5.87. The third-order valence-electron chi connectivity index (χ3n) is 4.44. The number of hydrogen-bond donors (Lipinski definition) is 0. The van der Waals surface area contributed by atoms with E-state index in [-0.39, 0.29) is 0 Å². The molecule has 0 amide bonds. The highest BCUT2D eigenvalue weighted by atomic mass is 16.1. The number of rotatable bonds is 3. The zero-order chi connectivity index (χ0) is 11.5. The third kappa shape index (κ3) is 2.85. The molecule has 1 saturated carbocycles. The summed E-state index contributed by atoms with van der Waals surface area (Å²) in [5, 5.41) is 0. The van der Waals surface area contributed by atoms with Crippen molar-refractivity contribution in [2.24, 2.45) is 11.8 Å². The quantitative estimate of drug-likeness (QED) is 0.733. The molecule has 0 aromatic carbocycles. The van der Waals surface area contributed by atoms with Crippen molar-refractivity contribution in [1.29, 1.82) is 0 Å². The van der Waals surface area contributed by atoms with Gasteiger partial charge in [0.15, 0.2) is 0 Å². The lowest BCUT2D eigenvalue weighted by atomic mass is 9.94. The zero-order valence-electron chi connectivity index (χ0n) is 10.7. The summed E-state index contributed by atoms with van der Waals surface area (Å²) in [6, 6.07) is 0.729. The van der Waals surface area contributed by atoms with Gasteiger partial charge in [-0.2, -0.15) is 0 Å². The summed E-state index contributed by atoms with van der Waals surface area (Å²) in [6.45, 7) is 7.06. The van der Waals surface area contributed by atoms with Crippen molar-refractivity contribution in [3.05, 3.63) is 0 Å². The van der Waals surface area contributed by atoms with Gasteiger partial charge in [0.2, 0.25) is 0 Å². The fraction of sp³-hybridized carbons (Fsp3) is 0.929. The van der Waals surface area contributed by atoms with Gasteiger partial charge in [-0.05, 0) is 51.5 Å². The van der Waals surface area contributed by atoms with E-state index in [9.17, 15) is 4.79 Å². The van der Waals surface area contributed by atoms with Crippen molar-refractivity contribution in [3.8, 4) is 0 Å². The molecule has 3 atom stereocenters. The summed E-state index contributed by atoms with van der Waals surface area (Å²) in [6.07, 6.45) is 6.94. The number of piperidine rings is 1. The average Bonchev–Trinajstić information content (AvgIpc) is 2.66. The normalized spacial score (nSPS) is 36.9. The Balaban J connectivity index is 1.77. The van der Waals surface area contributed by atoms with Crippen LogP contribution in [0.15, 0.2) is 0 Å². The standard InChI is InChI=1S/C14H25NO/c1-11-6-7-12(2)15(10-11)9-8-13-4-3-5-14(13)16/h11-13H,3-10H2,1-2H3. The molecule has 1 aliphatic heterocycles. The minimum absolute atomic E-state index is 0.393. The molecule has 2 rings (SSSR count). The molecular formula is C14H25NO. The van der Waals surface area contributed by atoms with Gasteiger partial charge in [0.1, 0.15) is 5.78 Å². The minimum atomic E-state index is 0.393. The molecule has 0 aromatic rings. The number of carbonyl (C=O) groups is 1. The Morgan fingerprint density at radius 2 is 2.06 bits per heavy atom. The first-order chi connectivity index (χ1) is 7.66. The maximum Gasteiger partial charge on any atom is 0.136 e. The van der Waals surface area contributed by atoms with Crippen molar-refractivity contribution >= 4 is 5.78 Å². The van der Waals surface area contributed by atoms with Gasteiger partial charge in [0, 0.05) is 24.9 Å². The Kier molecular flexibility index (Phi) is 4.01. The van der Waals surface area contributed by atoms with Crippen LogP contribution in [0.1, 0.15) is 52.4 Å². The topological polar surface area (TPSA) is 20.3 Å². The highest BCUT2D eigenvalue weighted by Crippen LogP contribution is 2.27. The highest BCUT2D eigenvalue weighted by Gasteiger charge is 2.27. The summed E-state index contributed by atoms with van der Waals surface area (Å²) in [7, 11) is 0. The first-order valence-electron chi connectivity index (χ1n) is 6.93. The van der Waals surface area contributed by atoms with E-state index in [0.29, 0.717) is 11.7 Å². The first kappa shape index (κ1) is 12.1. The molecule has 0 spiro atoms. The number of hydrogen-bond acceptors (Lipinski definition) is 2. The van der Waals surface area contributed by atoms with Gasteiger partial charge < -0.3 is 4.90 Å². The van der Waals surface area contributed by atoms with Crippen LogP contribution in [0.25, 0.3) is 0 Å². The molecule has 2 fully saturated rings. The smallest absolute Gasteiger partial charge is 0.136 e. The van der Waals surface area contributed by atoms with Gasteiger partial charge in [-0.1, -0.05) is 6.92 Å². The van der Waals surface area contributed by atoms with Crippen LogP contribution in [-0.2, 0) is 4.79 Å². The molecule has 0 bridgehead atoms. The maximum atomic E-state index is 11.6. The highest BCUT2D eigenvalue weighted by molar-refractivity contribution is 5.82. The van der Waals surface area contributed by atoms with Gasteiger partial charge in [-0.25, -0.2) is 0 Å². The van der Waals surface area contributed by atoms with Crippen LogP contribution < -0.4 is 0 Å². The van der Waals surface area contributed by atoms with Gasteiger partial charge in [0.05, 0.1) is 0 Å². The Hall–Kier alpha value is -0.370. The van der Waals surface area contributed by atoms with Gasteiger partial charge in [0.25, 0.3) is 0 Å². The molecule has 2 heteroatoms. The predicted octanol–water partition coefficient (Wildman–Crippen LogP) is 2.87. The average molecular weight is 223 g/mol. The Morgan fingerprint density at radius 3 is 2.75 bits per heavy atom. The molecule has 1 saturated heterocycles. The van der Waals surface area contributed by atoms with Crippen LogP contribution in [0, 0.1) is 11.8 Å². The summed E-state index contributed by atoms with van der Waals surface area (Å²) < 4.78 is 0. The van der Waals surface area contributed by atoms with Gasteiger partial charge >= 0.3 is 0 Å². The third-order valence-corrected chi connectivity index (χ3v) is 4.44. The lowest BCUT2D eigenvalue weighted by Crippen LogP contribution is -2.42. The molecule has 0 radical (unpaired) electrons. The van der Waals surface area contributed by atoms with E-state index in [1.54, 1.807) is 0 Å². The number of carbonyl (C=O) groups excluding carboxylic acids is 1. The number of Topliss-reactive ketones (excluding diaryl/α,β-unsaturated/α-hetero) is 1. The SMILES string of the molecule is CC1CCC(C)N(CCC2CCCC2=O)C1. The summed E-state index contributed by atoms with van der Waals surface area (Å²) in [5.41, 5.74) is 0.